The Morgan fingerprint density at radius 3 is 1.56 bits per heavy atom. The van der Waals surface area contributed by atoms with Gasteiger partial charge in [-0.1, -0.05) is 0 Å². The van der Waals surface area contributed by atoms with Gasteiger partial charge in [0, 0.05) is 75.4 Å². The van der Waals surface area contributed by atoms with Gasteiger partial charge in [-0.15, -0.1) is 0 Å². The molecule has 256 valence electrons. The molecule has 6 heterocycles. The fourth-order valence-electron chi connectivity index (χ4n) is 5.06. The number of carbonyl (C=O) groups is 2. The number of hydrogen-bond donors (Lipinski definition) is 3. The van der Waals surface area contributed by atoms with Gasteiger partial charge in [0.05, 0.1) is 18.0 Å². The number of carboxylic acid groups (broad SMARTS) is 1. The van der Waals surface area contributed by atoms with E-state index in [9.17, 15) is 35.9 Å². The molecule has 2 aliphatic rings. The lowest BCUT2D eigenvalue weighted by molar-refractivity contribution is -0.0228. The Morgan fingerprint density at radius 1 is 0.771 bits per heavy atom. The van der Waals surface area contributed by atoms with E-state index in [1.165, 1.54) is 40.4 Å². The number of piperidine rings is 2. The molecule has 3 N–H and O–H groups in total. The summed E-state index contributed by atoms with van der Waals surface area (Å²) >= 11 is 0. The van der Waals surface area contributed by atoms with Gasteiger partial charge in [-0.05, 0) is 31.2 Å². The van der Waals surface area contributed by atoms with Crippen molar-refractivity contribution in [1.82, 2.24) is 30.4 Å². The third-order valence-electron chi connectivity index (χ3n) is 7.71. The van der Waals surface area contributed by atoms with Crippen LogP contribution in [0.25, 0.3) is 22.5 Å². The molecule has 2 saturated heterocycles. The van der Waals surface area contributed by atoms with Gasteiger partial charge in [-0.2, -0.15) is 10.2 Å². The number of aromatic amines is 2. The van der Waals surface area contributed by atoms with E-state index in [0.717, 1.165) is 6.07 Å². The van der Waals surface area contributed by atoms with E-state index in [0.29, 0.717) is 16.8 Å². The third-order valence-corrected chi connectivity index (χ3v) is 7.71. The van der Waals surface area contributed by atoms with Gasteiger partial charge in [-0.25, -0.2) is 45.9 Å². The standard InChI is InChI=1S/C16H17F3N4O2.C14H13F3N4O2/c1-2-25-15(24)13-8-12(21-22-13)10-7-11(17)14(20-9-10)23-5-3-16(18,19)4-6-23;15-9-5-8(10-6-11(13(22)23)20-19-10)7-18-12(9)21-3-1-14(16,17)2-4-21/h7-9H,2-6H2,1H3,(H,21,22);5-7H,1-4H2,(H,19,20)(H,22,23). The zero-order valence-corrected chi connectivity index (χ0v) is 25.5. The number of alkyl halides is 4. The van der Waals surface area contributed by atoms with E-state index in [1.54, 1.807) is 6.92 Å². The van der Waals surface area contributed by atoms with Gasteiger partial charge in [-0.3, -0.25) is 10.2 Å². The second kappa shape index (κ2) is 13.9. The Balaban J connectivity index is 0.000000188. The molecule has 48 heavy (non-hydrogen) atoms. The monoisotopic (exact) mass is 680 g/mol. The van der Waals surface area contributed by atoms with Crippen LogP contribution in [0.5, 0.6) is 0 Å². The predicted octanol–water partition coefficient (Wildman–Crippen LogP) is 5.57. The molecule has 0 aromatic carbocycles. The normalized spacial score (nSPS) is 17.0. The number of carbonyl (C=O) groups excluding carboxylic acids is 1. The Labute approximate surface area is 269 Å². The maximum atomic E-state index is 14.4. The van der Waals surface area contributed by atoms with Gasteiger partial charge >= 0.3 is 11.9 Å². The van der Waals surface area contributed by atoms with E-state index < -0.39 is 35.4 Å². The minimum atomic E-state index is -2.71. The quantitative estimate of drug-likeness (QED) is 0.167. The molecule has 2 aliphatic heterocycles. The number of carboxylic acids is 1. The average Bonchev–Trinajstić information content (AvgIpc) is 3.74. The number of ether oxygens (including phenoxy) is 1. The Morgan fingerprint density at radius 2 is 1.19 bits per heavy atom. The number of nitrogens with one attached hydrogen (secondary N) is 2. The molecule has 12 nitrogen and oxygen atoms in total. The number of nitrogens with zero attached hydrogens (tertiary/aromatic N) is 6. The van der Waals surface area contributed by atoms with Crippen molar-refractivity contribution in [3.05, 3.63) is 59.7 Å². The first-order valence-corrected chi connectivity index (χ1v) is 14.8. The van der Waals surface area contributed by atoms with Crippen LogP contribution in [0.3, 0.4) is 0 Å². The van der Waals surface area contributed by atoms with Crippen LogP contribution >= 0.6 is 0 Å². The van der Waals surface area contributed by atoms with E-state index in [4.69, 9.17) is 9.84 Å². The second-order valence-corrected chi connectivity index (χ2v) is 11.1. The largest absolute Gasteiger partial charge is 0.477 e. The van der Waals surface area contributed by atoms with Crippen molar-refractivity contribution in [1.29, 1.82) is 0 Å². The van der Waals surface area contributed by atoms with Crippen LogP contribution in [0.2, 0.25) is 0 Å². The molecule has 0 spiro atoms. The highest BCUT2D eigenvalue weighted by Crippen LogP contribution is 2.33. The van der Waals surface area contributed by atoms with Crippen LogP contribution in [0.1, 0.15) is 53.6 Å². The first kappa shape index (κ1) is 34.2. The number of pyridine rings is 2. The van der Waals surface area contributed by atoms with E-state index in [-0.39, 0.29) is 87.2 Å². The number of hydrogen-bond acceptors (Lipinski definition) is 9. The molecule has 0 unspecified atom stereocenters. The number of esters is 1. The summed E-state index contributed by atoms with van der Waals surface area (Å²) in [4.78, 5) is 33.4. The first-order chi connectivity index (χ1) is 22.7. The van der Waals surface area contributed by atoms with Crippen LogP contribution < -0.4 is 9.80 Å². The van der Waals surface area contributed by atoms with Gasteiger partial charge in [0.15, 0.2) is 23.3 Å². The molecule has 0 aliphatic carbocycles. The summed E-state index contributed by atoms with van der Waals surface area (Å²) in [5, 5.41) is 21.4. The topological polar surface area (TPSA) is 153 Å². The lowest BCUT2D eigenvalue weighted by Gasteiger charge is -2.32. The summed E-state index contributed by atoms with van der Waals surface area (Å²) in [6, 6.07) is 5.09. The molecule has 2 fully saturated rings. The minimum absolute atomic E-state index is 0.0123. The number of aromatic carboxylic acids is 1. The van der Waals surface area contributed by atoms with Gasteiger partial charge in [0.1, 0.15) is 11.4 Å². The smallest absolute Gasteiger partial charge is 0.356 e. The lowest BCUT2D eigenvalue weighted by atomic mass is 10.1. The number of anilines is 2. The molecule has 0 bridgehead atoms. The predicted molar refractivity (Wildman–Crippen MR) is 159 cm³/mol. The van der Waals surface area contributed by atoms with Crippen molar-refractivity contribution >= 4 is 23.6 Å². The van der Waals surface area contributed by atoms with Crippen molar-refractivity contribution in [2.24, 2.45) is 0 Å². The molecular formula is C30H30F6N8O4. The fraction of sp³-hybridized carbons (Fsp3) is 0.400. The van der Waals surface area contributed by atoms with E-state index in [2.05, 4.69) is 30.4 Å². The number of halogens is 6. The number of rotatable bonds is 7. The summed E-state index contributed by atoms with van der Waals surface area (Å²) in [7, 11) is 0. The third kappa shape index (κ3) is 8.03. The molecule has 4 aromatic rings. The Bertz CT molecular complexity index is 1760. The van der Waals surface area contributed by atoms with Crippen molar-refractivity contribution in [3.8, 4) is 22.5 Å². The van der Waals surface area contributed by atoms with Crippen LogP contribution in [-0.2, 0) is 4.74 Å². The average molecular weight is 681 g/mol. The number of H-pyrrole nitrogens is 2. The molecule has 0 amide bonds. The Hall–Kier alpha value is -5.16. The lowest BCUT2D eigenvalue weighted by Crippen LogP contribution is -2.40. The zero-order valence-electron chi connectivity index (χ0n) is 25.5. The Kier molecular flexibility index (Phi) is 9.90. The SMILES string of the molecule is CCOC(=O)c1cc(-c2cnc(N3CCC(F)(F)CC3)c(F)c2)n[nH]1.O=C(O)c1cc(-c2cnc(N3CCC(F)(F)CC3)c(F)c2)n[nH]1. The fourth-order valence-corrected chi connectivity index (χ4v) is 5.06. The van der Waals surface area contributed by atoms with Crippen molar-refractivity contribution < 1.29 is 45.8 Å². The van der Waals surface area contributed by atoms with Crippen LogP contribution in [0.4, 0.5) is 38.0 Å². The summed E-state index contributed by atoms with van der Waals surface area (Å²) in [6.45, 7) is 2.07. The van der Waals surface area contributed by atoms with Gasteiger partial charge < -0.3 is 19.6 Å². The minimum Gasteiger partial charge on any atom is -0.477 e. The molecule has 0 radical (unpaired) electrons. The van der Waals surface area contributed by atoms with Crippen LogP contribution in [0.15, 0.2) is 36.7 Å². The molecule has 18 heteroatoms. The maximum absolute atomic E-state index is 14.4. The highest BCUT2D eigenvalue weighted by atomic mass is 19.3. The highest BCUT2D eigenvalue weighted by Gasteiger charge is 2.36. The number of aromatic nitrogens is 6. The van der Waals surface area contributed by atoms with Gasteiger partial charge in [0.2, 0.25) is 0 Å². The van der Waals surface area contributed by atoms with E-state index in [1.807, 2.05) is 0 Å². The maximum Gasteiger partial charge on any atom is 0.356 e. The van der Waals surface area contributed by atoms with Crippen LogP contribution in [0, 0.1) is 11.6 Å². The summed E-state index contributed by atoms with van der Waals surface area (Å²) in [6.07, 6.45) is 1.42. The zero-order chi connectivity index (χ0) is 34.6. The molecule has 4 aromatic heterocycles. The molecular weight excluding hydrogens is 650 g/mol. The summed E-state index contributed by atoms with van der Waals surface area (Å²) in [5.41, 5.74) is 1.28. The van der Waals surface area contributed by atoms with Crippen LogP contribution in [-0.4, -0.2) is 92.0 Å². The van der Waals surface area contributed by atoms with Crippen molar-refractivity contribution in [2.45, 2.75) is 44.5 Å². The summed E-state index contributed by atoms with van der Waals surface area (Å²) in [5.74, 6) is -8.38. The second-order valence-electron chi connectivity index (χ2n) is 11.1. The molecule has 0 atom stereocenters. The van der Waals surface area contributed by atoms with E-state index >= 15 is 0 Å². The molecule has 6 rings (SSSR count). The van der Waals surface area contributed by atoms with Crippen molar-refractivity contribution in [2.75, 3.05) is 42.6 Å². The van der Waals surface area contributed by atoms with Gasteiger partial charge in [0.25, 0.3) is 11.8 Å². The molecule has 0 saturated carbocycles. The summed E-state index contributed by atoms with van der Waals surface area (Å²) < 4.78 is 86.2. The highest BCUT2D eigenvalue weighted by molar-refractivity contribution is 5.88. The first-order valence-electron chi connectivity index (χ1n) is 14.8. The van der Waals surface area contributed by atoms with Crippen molar-refractivity contribution in [3.63, 3.8) is 0 Å².